The molecule has 6 heteroatoms. The Hall–Kier alpha value is -7.31. The lowest BCUT2D eigenvalue weighted by molar-refractivity contribution is -0.112. The third-order valence-electron chi connectivity index (χ3n) is 9.76. The minimum atomic E-state index is -0.213. The summed E-state index contributed by atoms with van der Waals surface area (Å²) < 4.78 is 0. The van der Waals surface area contributed by atoms with Gasteiger partial charge in [-0.05, 0) is 89.9 Å². The van der Waals surface area contributed by atoms with E-state index >= 15 is 0 Å². The number of amides is 1. The fourth-order valence-electron chi connectivity index (χ4n) is 7.19. The Labute approximate surface area is 313 Å². The number of benzene rings is 4. The van der Waals surface area contributed by atoms with Crippen LogP contribution in [-0.4, -0.2) is 25.8 Å². The van der Waals surface area contributed by atoms with Gasteiger partial charge in [0.2, 0.25) is 0 Å². The Morgan fingerprint density at radius 2 is 0.778 bits per heavy atom. The van der Waals surface area contributed by atoms with Crippen molar-refractivity contribution in [3.63, 3.8) is 0 Å². The van der Waals surface area contributed by atoms with E-state index in [-0.39, 0.29) is 5.91 Å². The van der Waals surface area contributed by atoms with E-state index in [2.05, 4.69) is 143 Å². The minimum absolute atomic E-state index is 0.213. The van der Waals surface area contributed by atoms with Crippen LogP contribution in [0.5, 0.6) is 0 Å². The van der Waals surface area contributed by atoms with Crippen LogP contribution in [0.1, 0.15) is 29.7 Å². The van der Waals surface area contributed by atoms with Gasteiger partial charge in [-0.3, -0.25) is 4.79 Å². The van der Waals surface area contributed by atoms with Crippen LogP contribution in [0.25, 0.3) is 90.9 Å². The Morgan fingerprint density at radius 1 is 0.463 bits per heavy atom. The second kappa shape index (κ2) is 13.7. The maximum absolute atomic E-state index is 12.4. The number of nitrogens with zero attached hydrogens (tertiary/aromatic N) is 2. The van der Waals surface area contributed by atoms with Crippen LogP contribution in [0, 0.1) is 0 Å². The Bertz CT molecular complexity index is 2770. The molecule has 0 atom stereocenters. The number of hydrogen-bond acceptors (Lipinski definition) is 3. The smallest absolute Gasteiger partial charge is 0.250 e. The molecule has 4 aromatic carbocycles. The van der Waals surface area contributed by atoms with Crippen LogP contribution >= 0.6 is 0 Å². The number of carbonyl (C=O) groups is 1. The lowest BCUT2D eigenvalue weighted by Gasteiger charge is -2.08. The summed E-state index contributed by atoms with van der Waals surface area (Å²) in [4.78, 5) is 30.7. The number of fused-ring (bicyclic) bond motifs is 8. The summed E-state index contributed by atoms with van der Waals surface area (Å²) in [7, 11) is 0. The van der Waals surface area contributed by atoms with E-state index < -0.39 is 0 Å². The molecule has 8 bridgehead atoms. The summed E-state index contributed by atoms with van der Waals surface area (Å²) in [6.07, 6.45) is 8.40. The zero-order valence-corrected chi connectivity index (χ0v) is 29.6. The quantitative estimate of drug-likeness (QED) is 0.151. The maximum Gasteiger partial charge on any atom is 0.250 e. The summed E-state index contributed by atoms with van der Waals surface area (Å²) in [5.74, 6) is -0.213. The second-order valence-corrected chi connectivity index (χ2v) is 13.4. The van der Waals surface area contributed by atoms with Crippen LogP contribution < -0.4 is 5.32 Å². The molecule has 0 saturated heterocycles. The molecule has 0 aliphatic carbocycles. The first kappa shape index (κ1) is 32.6. The zero-order valence-electron chi connectivity index (χ0n) is 29.6. The van der Waals surface area contributed by atoms with E-state index in [4.69, 9.17) is 9.97 Å². The van der Waals surface area contributed by atoms with Crippen LogP contribution in [0.4, 0.5) is 5.69 Å². The molecule has 0 spiro atoms. The lowest BCUT2D eigenvalue weighted by Crippen LogP contribution is -2.11. The van der Waals surface area contributed by atoms with Gasteiger partial charge in [0.25, 0.3) is 5.91 Å². The molecule has 3 N–H and O–H groups in total. The first-order valence-electron chi connectivity index (χ1n) is 17.9. The molecule has 2 aliphatic heterocycles. The number of aromatic amines is 2. The predicted octanol–water partition coefficient (Wildman–Crippen LogP) is 11.8. The first-order valence-corrected chi connectivity index (χ1v) is 17.9. The van der Waals surface area contributed by atoms with Crippen LogP contribution in [0.3, 0.4) is 0 Å². The van der Waals surface area contributed by atoms with Crippen LogP contribution in [0.15, 0.2) is 152 Å². The topological polar surface area (TPSA) is 86.5 Å². The Morgan fingerprint density at radius 3 is 1.09 bits per heavy atom. The van der Waals surface area contributed by atoms with Crippen molar-refractivity contribution in [2.24, 2.45) is 0 Å². The molecule has 6 nitrogen and oxygen atoms in total. The van der Waals surface area contributed by atoms with Crippen molar-refractivity contribution in [1.82, 2.24) is 19.9 Å². The number of rotatable bonds is 6. The molecule has 0 unspecified atom stereocenters. The number of aromatic nitrogens is 4. The summed E-state index contributed by atoms with van der Waals surface area (Å²) in [6.45, 7) is 5.47. The minimum Gasteiger partial charge on any atom is -0.354 e. The number of anilines is 1. The van der Waals surface area contributed by atoms with Gasteiger partial charge in [-0.1, -0.05) is 110 Å². The monoisotopic (exact) mass is 697 g/mol. The van der Waals surface area contributed by atoms with E-state index in [0.717, 1.165) is 89.4 Å². The molecule has 9 rings (SSSR count). The van der Waals surface area contributed by atoms with Gasteiger partial charge in [0.05, 0.1) is 22.8 Å². The predicted molar refractivity (Wildman–Crippen MR) is 224 cm³/mol. The van der Waals surface area contributed by atoms with Crippen molar-refractivity contribution >= 4 is 58.0 Å². The van der Waals surface area contributed by atoms with Gasteiger partial charge in [0.1, 0.15) is 0 Å². The average Bonchev–Trinajstić information content (AvgIpc) is 4.05. The SMILES string of the molecule is C=C(C)C(=O)Nc1ccc(-c2c3nc(c(-c4ccccc4)c4ccc([nH]4)c(-c4ccccc4)c4nc(c(-c5ccccc5)c5ccc2[nH]5)C=C4)C=C3)cc1. The molecule has 5 heterocycles. The van der Waals surface area contributed by atoms with Gasteiger partial charge < -0.3 is 15.3 Å². The molecule has 3 aromatic heterocycles. The summed E-state index contributed by atoms with van der Waals surface area (Å²) in [5, 5.41) is 2.93. The van der Waals surface area contributed by atoms with Gasteiger partial charge in [-0.2, -0.15) is 0 Å². The molecule has 1 amide bonds. The Kier molecular flexibility index (Phi) is 8.25. The highest BCUT2D eigenvalue weighted by molar-refractivity contribution is 6.03. The Balaban J connectivity index is 1.41. The normalized spacial score (nSPS) is 11.8. The maximum atomic E-state index is 12.4. The molecule has 0 saturated carbocycles. The van der Waals surface area contributed by atoms with E-state index in [9.17, 15) is 4.79 Å². The van der Waals surface area contributed by atoms with Gasteiger partial charge in [0.15, 0.2) is 0 Å². The van der Waals surface area contributed by atoms with Crippen LogP contribution in [0.2, 0.25) is 0 Å². The fraction of sp³-hybridized carbons (Fsp3) is 0.0208. The van der Waals surface area contributed by atoms with Crippen molar-refractivity contribution < 1.29 is 4.79 Å². The average molecular weight is 698 g/mol. The third kappa shape index (κ3) is 6.06. The van der Waals surface area contributed by atoms with Crippen molar-refractivity contribution in [1.29, 1.82) is 0 Å². The molecule has 54 heavy (non-hydrogen) atoms. The van der Waals surface area contributed by atoms with Gasteiger partial charge >= 0.3 is 0 Å². The second-order valence-electron chi connectivity index (χ2n) is 13.4. The highest BCUT2D eigenvalue weighted by Crippen LogP contribution is 2.38. The fourth-order valence-corrected chi connectivity index (χ4v) is 7.19. The standard InChI is InChI=1S/C48H35N5O/c1-30(2)48(54)49-35-20-18-34(19-21-35)47-42-28-26-40(52-42)45(32-14-8-4-9-15-32)38-24-22-36(50-38)44(31-12-6-3-7-13-31)37-23-25-39(51-37)46(33-16-10-5-11-17-33)41-27-29-43(47)53-41/h3-29,50,53H,1H2,2H3,(H,49,54). The lowest BCUT2D eigenvalue weighted by atomic mass is 10.0. The van der Waals surface area contributed by atoms with Crippen molar-refractivity contribution in [3.8, 4) is 44.5 Å². The van der Waals surface area contributed by atoms with E-state index in [1.807, 2.05) is 42.5 Å². The number of H-pyrrole nitrogens is 2. The van der Waals surface area contributed by atoms with E-state index in [1.54, 1.807) is 6.92 Å². The van der Waals surface area contributed by atoms with Crippen molar-refractivity contribution in [2.45, 2.75) is 6.92 Å². The third-order valence-corrected chi connectivity index (χ3v) is 9.76. The highest BCUT2D eigenvalue weighted by Gasteiger charge is 2.19. The molecular weight excluding hydrogens is 663 g/mol. The number of hydrogen-bond donors (Lipinski definition) is 3. The van der Waals surface area contributed by atoms with Crippen LogP contribution in [-0.2, 0) is 4.79 Å². The summed E-state index contributed by atoms with van der Waals surface area (Å²) >= 11 is 0. The van der Waals surface area contributed by atoms with Gasteiger partial charge in [-0.15, -0.1) is 0 Å². The molecule has 7 aromatic rings. The molecule has 0 fully saturated rings. The largest absolute Gasteiger partial charge is 0.354 e. The van der Waals surface area contributed by atoms with Crippen molar-refractivity contribution in [2.75, 3.05) is 5.32 Å². The molecular formula is C48H35N5O. The zero-order chi connectivity index (χ0) is 36.6. The molecule has 2 aliphatic rings. The first-order chi connectivity index (χ1) is 26.5. The number of nitrogens with one attached hydrogen (secondary N) is 3. The van der Waals surface area contributed by atoms with Gasteiger partial charge in [-0.25, -0.2) is 9.97 Å². The molecule has 258 valence electrons. The highest BCUT2D eigenvalue weighted by atomic mass is 16.1. The van der Waals surface area contributed by atoms with Gasteiger partial charge in [0, 0.05) is 55.6 Å². The summed E-state index contributed by atoms with van der Waals surface area (Å²) in [6, 6.07) is 47.6. The summed E-state index contributed by atoms with van der Waals surface area (Å²) in [5.41, 5.74) is 16.3. The van der Waals surface area contributed by atoms with E-state index in [1.165, 1.54) is 0 Å². The van der Waals surface area contributed by atoms with E-state index in [0.29, 0.717) is 11.3 Å². The van der Waals surface area contributed by atoms with Crippen molar-refractivity contribution in [3.05, 3.63) is 174 Å². The number of carbonyl (C=O) groups excluding carboxylic acids is 1. The molecule has 0 radical (unpaired) electrons.